The number of nitrogens with zero attached hydrogens (tertiary/aromatic N) is 1. The fourth-order valence-electron chi connectivity index (χ4n) is 3.77. The maximum atomic E-state index is 12.4. The number of hydrogen-bond acceptors (Lipinski definition) is 2. The molecule has 0 fully saturated rings. The molecule has 0 radical (unpaired) electrons. The van der Waals surface area contributed by atoms with Crippen LogP contribution in [0.4, 0.5) is 0 Å². The van der Waals surface area contributed by atoms with Crippen LogP contribution in [0.3, 0.4) is 0 Å². The molecule has 0 saturated carbocycles. The Morgan fingerprint density at radius 3 is 2.50 bits per heavy atom. The molecule has 0 saturated heterocycles. The number of esters is 1. The summed E-state index contributed by atoms with van der Waals surface area (Å²) in [5, 5.41) is 0. The number of aryl methyl sites for hydroxylation is 1. The average Bonchev–Trinajstić information content (AvgIpc) is 2.93. The number of methoxy groups -OCH3 is 1. The molecule has 2 aromatic rings. The standard InChI is InChI=1S/C21H27NO2/c1-21(2,3)16-11-9-15(10-12-16)19-17(20(23)24-4)7-5-13-22-14-6-8-18(19)22/h6,8-12,14,17,19H,5,7,13H2,1-4H3. The van der Waals surface area contributed by atoms with Crippen molar-refractivity contribution in [1.29, 1.82) is 0 Å². The normalized spacial score (nSPS) is 21.0. The second-order valence-electron chi connectivity index (χ2n) is 7.75. The van der Waals surface area contributed by atoms with E-state index in [1.807, 2.05) is 0 Å². The van der Waals surface area contributed by atoms with Crippen LogP contribution >= 0.6 is 0 Å². The highest BCUT2D eigenvalue weighted by Gasteiger charge is 2.35. The van der Waals surface area contributed by atoms with Crippen LogP contribution in [-0.2, 0) is 21.5 Å². The van der Waals surface area contributed by atoms with E-state index >= 15 is 0 Å². The molecule has 0 amide bonds. The summed E-state index contributed by atoms with van der Waals surface area (Å²) in [5.41, 5.74) is 3.85. The monoisotopic (exact) mass is 325 g/mol. The van der Waals surface area contributed by atoms with Crippen LogP contribution in [0.1, 0.15) is 56.4 Å². The van der Waals surface area contributed by atoms with Crippen LogP contribution in [0.5, 0.6) is 0 Å². The first-order chi connectivity index (χ1) is 11.4. The summed E-state index contributed by atoms with van der Waals surface area (Å²) >= 11 is 0. The molecule has 3 rings (SSSR count). The van der Waals surface area contributed by atoms with E-state index < -0.39 is 0 Å². The van der Waals surface area contributed by atoms with Crippen molar-refractivity contribution < 1.29 is 9.53 Å². The van der Waals surface area contributed by atoms with E-state index in [0.717, 1.165) is 19.4 Å². The van der Waals surface area contributed by atoms with Crippen LogP contribution in [-0.4, -0.2) is 17.6 Å². The average molecular weight is 325 g/mol. The van der Waals surface area contributed by atoms with E-state index in [-0.39, 0.29) is 23.2 Å². The third-order valence-corrected chi connectivity index (χ3v) is 5.14. The first-order valence-electron chi connectivity index (χ1n) is 8.75. The highest BCUT2D eigenvalue weighted by molar-refractivity contribution is 5.74. The first-order valence-corrected chi connectivity index (χ1v) is 8.75. The van der Waals surface area contributed by atoms with Crippen LogP contribution < -0.4 is 0 Å². The molecule has 1 aromatic heterocycles. The van der Waals surface area contributed by atoms with Gasteiger partial charge in [-0.1, -0.05) is 45.0 Å². The highest BCUT2D eigenvalue weighted by Crippen LogP contribution is 2.39. The molecule has 2 heterocycles. The molecule has 2 unspecified atom stereocenters. The van der Waals surface area contributed by atoms with Gasteiger partial charge in [0.05, 0.1) is 13.0 Å². The minimum atomic E-state index is -0.119. The Bertz CT molecular complexity index is 706. The molecular formula is C21H27NO2. The van der Waals surface area contributed by atoms with Crippen LogP contribution in [0.25, 0.3) is 0 Å². The molecule has 1 aromatic carbocycles. The molecule has 128 valence electrons. The zero-order valence-corrected chi connectivity index (χ0v) is 15.1. The van der Waals surface area contributed by atoms with Gasteiger partial charge in [-0.25, -0.2) is 0 Å². The van der Waals surface area contributed by atoms with Crippen molar-refractivity contribution >= 4 is 5.97 Å². The van der Waals surface area contributed by atoms with Gasteiger partial charge in [-0.15, -0.1) is 0 Å². The zero-order chi connectivity index (χ0) is 17.3. The number of ether oxygens (including phenoxy) is 1. The van der Waals surface area contributed by atoms with Crippen LogP contribution in [0, 0.1) is 5.92 Å². The Kier molecular flexibility index (Phi) is 4.53. The second kappa shape index (κ2) is 6.46. The highest BCUT2D eigenvalue weighted by atomic mass is 16.5. The third-order valence-electron chi connectivity index (χ3n) is 5.14. The zero-order valence-electron chi connectivity index (χ0n) is 15.1. The summed E-state index contributed by atoms with van der Waals surface area (Å²) < 4.78 is 7.40. The number of fused-ring (bicyclic) bond motifs is 1. The van der Waals surface area contributed by atoms with Crippen molar-refractivity contribution in [2.75, 3.05) is 7.11 Å². The summed E-state index contributed by atoms with van der Waals surface area (Å²) in [7, 11) is 1.49. The number of carbonyl (C=O) groups excluding carboxylic acids is 1. The van der Waals surface area contributed by atoms with Gasteiger partial charge < -0.3 is 9.30 Å². The minimum absolute atomic E-state index is 0.0592. The summed E-state index contributed by atoms with van der Waals surface area (Å²) in [6.07, 6.45) is 3.98. The fraction of sp³-hybridized carbons (Fsp3) is 0.476. The topological polar surface area (TPSA) is 31.2 Å². The number of benzene rings is 1. The molecule has 0 aliphatic carbocycles. The summed E-state index contributed by atoms with van der Waals surface area (Å²) in [6, 6.07) is 13.0. The van der Waals surface area contributed by atoms with E-state index in [0.29, 0.717) is 0 Å². The maximum Gasteiger partial charge on any atom is 0.309 e. The third kappa shape index (κ3) is 3.12. The fourth-order valence-corrected chi connectivity index (χ4v) is 3.77. The van der Waals surface area contributed by atoms with E-state index in [4.69, 9.17) is 4.74 Å². The molecule has 24 heavy (non-hydrogen) atoms. The van der Waals surface area contributed by atoms with Crippen molar-refractivity contribution in [2.24, 2.45) is 5.92 Å². The number of rotatable bonds is 2. The molecule has 3 nitrogen and oxygen atoms in total. The van der Waals surface area contributed by atoms with E-state index in [1.165, 1.54) is 23.9 Å². The lowest BCUT2D eigenvalue weighted by molar-refractivity contribution is -0.146. The van der Waals surface area contributed by atoms with Crippen molar-refractivity contribution in [1.82, 2.24) is 4.57 Å². The number of aromatic nitrogens is 1. The van der Waals surface area contributed by atoms with Gasteiger partial charge in [-0.2, -0.15) is 0 Å². The van der Waals surface area contributed by atoms with Gasteiger partial charge in [0, 0.05) is 24.4 Å². The molecule has 0 spiro atoms. The summed E-state index contributed by atoms with van der Waals surface area (Å²) in [6.45, 7) is 7.62. The molecular weight excluding hydrogens is 298 g/mol. The maximum absolute atomic E-state index is 12.4. The van der Waals surface area contributed by atoms with Gasteiger partial charge in [0.2, 0.25) is 0 Å². The smallest absolute Gasteiger partial charge is 0.309 e. The lowest BCUT2D eigenvalue weighted by Gasteiger charge is -2.25. The number of hydrogen-bond donors (Lipinski definition) is 0. The van der Waals surface area contributed by atoms with Crippen LogP contribution in [0.15, 0.2) is 42.6 Å². The lowest BCUT2D eigenvalue weighted by Crippen LogP contribution is -2.24. The molecule has 2 atom stereocenters. The summed E-state index contributed by atoms with van der Waals surface area (Å²) in [5.74, 6) is -0.162. The SMILES string of the molecule is COC(=O)C1CCCn2cccc2C1c1ccc(C(C)(C)C)cc1. The molecule has 1 aliphatic heterocycles. The van der Waals surface area contributed by atoms with Gasteiger partial charge in [-0.3, -0.25) is 4.79 Å². The summed E-state index contributed by atoms with van der Waals surface area (Å²) in [4.78, 5) is 12.4. The van der Waals surface area contributed by atoms with E-state index in [9.17, 15) is 4.79 Å². The second-order valence-corrected chi connectivity index (χ2v) is 7.75. The Morgan fingerprint density at radius 2 is 1.88 bits per heavy atom. The van der Waals surface area contributed by atoms with Gasteiger partial charge in [0.1, 0.15) is 0 Å². The number of carbonyl (C=O) groups is 1. The predicted molar refractivity (Wildman–Crippen MR) is 96.2 cm³/mol. The van der Waals surface area contributed by atoms with Crippen molar-refractivity contribution in [3.05, 3.63) is 59.4 Å². The van der Waals surface area contributed by atoms with Crippen molar-refractivity contribution in [3.8, 4) is 0 Å². The Hall–Kier alpha value is -2.03. The largest absolute Gasteiger partial charge is 0.469 e. The Labute approximate surface area is 144 Å². The van der Waals surface area contributed by atoms with Gasteiger partial charge >= 0.3 is 5.97 Å². The quantitative estimate of drug-likeness (QED) is 0.761. The molecule has 3 heteroatoms. The molecule has 1 aliphatic rings. The van der Waals surface area contributed by atoms with Crippen LogP contribution in [0.2, 0.25) is 0 Å². The van der Waals surface area contributed by atoms with E-state index in [1.54, 1.807) is 0 Å². The predicted octanol–water partition coefficient (Wildman–Crippen LogP) is 4.50. The van der Waals surface area contributed by atoms with E-state index in [2.05, 4.69) is 67.9 Å². The minimum Gasteiger partial charge on any atom is -0.469 e. The first kappa shape index (κ1) is 16.8. The van der Waals surface area contributed by atoms with Gasteiger partial charge in [0.25, 0.3) is 0 Å². The Morgan fingerprint density at radius 1 is 1.17 bits per heavy atom. The lowest BCUT2D eigenvalue weighted by atomic mass is 9.80. The molecule has 0 bridgehead atoms. The Balaban J connectivity index is 2.05. The van der Waals surface area contributed by atoms with Gasteiger partial charge in [0.15, 0.2) is 0 Å². The van der Waals surface area contributed by atoms with Gasteiger partial charge in [-0.05, 0) is 41.5 Å². The van der Waals surface area contributed by atoms with Crippen molar-refractivity contribution in [3.63, 3.8) is 0 Å². The van der Waals surface area contributed by atoms with Crippen molar-refractivity contribution in [2.45, 2.75) is 51.5 Å². The molecule has 0 N–H and O–H groups in total.